The number of nitrogens with zero attached hydrogens (tertiary/aromatic N) is 2. The van der Waals surface area contributed by atoms with Gasteiger partial charge >= 0.3 is 0 Å². The summed E-state index contributed by atoms with van der Waals surface area (Å²) in [6.45, 7) is 6.23. The van der Waals surface area contributed by atoms with Crippen LogP contribution in [0.2, 0.25) is 0 Å². The maximum absolute atomic E-state index is 5.74. The van der Waals surface area contributed by atoms with Gasteiger partial charge in [-0.05, 0) is 12.3 Å². The van der Waals surface area contributed by atoms with Crippen LogP contribution in [0.4, 0.5) is 0 Å². The van der Waals surface area contributed by atoms with Crippen molar-refractivity contribution in [1.82, 2.24) is 9.55 Å². The van der Waals surface area contributed by atoms with Crippen molar-refractivity contribution in [2.24, 2.45) is 5.73 Å². The molecule has 1 aliphatic rings. The smallest absolute Gasteiger partial charge is 0.0951 e. The van der Waals surface area contributed by atoms with Crippen LogP contribution in [0.5, 0.6) is 0 Å². The van der Waals surface area contributed by atoms with E-state index in [-0.39, 0.29) is 0 Å². The molecule has 3 nitrogen and oxygen atoms in total. The fourth-order valence-electron chi connectivity index (χ4n) is 2.14. The van der Waals surface area contributed by atoms with Crippen LogP contribution in [0.25, 0.3) is 0 Å². The molecule has 1 aliphatic heterocycles. The Morgan fingerprint density at radius 2 is 2.46 bits per heavy atom. The summed E-state index contributed by atoms with van der Waals surface area (Å²) in [4.78, 5) is 4.44. The van der Waals surface area contributed by atoms with E-state index < -0.39 is 0 Å². The molecule has 1 aromatic rings. The summed E-state index contributed by atoms with van der Waals surface area (Å²) in [6.07, 6.45) is 3.15. The summed E-state index contributed by atoms with van der Waals surface area (Å²) >= 11 is 0. The molecule has 13 heavy (non-hydrogen) atoms. The minimum Gasteiger partial charge on any atom is -0.334 e. The molecule has 0 spiro atoms. The zero-order chi connectivity index (χ0) is 9.42. The van der Waals surface area contributed by atoms with E-state index in [0.717, 1.165) is 13.1 Å². The van der Waals surface area contributed by atoms with Crippen LogP contribution in [-0.2, 0) is 6.54 Å². The highest BCUT2D eigenvalue weighted by molar-refractivity contribution is 5.24. The largest absolute Gasteiger partial charge is 0.334 e. The van der Waals surface area contributed by atoms with Crippen LogP contribution in [0.15, 0.2) is 6.33 Å². The number of hydrogen-bond acceptors (Lipinski definition) is 2. The highest BCUT2D eigenvalue weighted by Gasteiger charge is 2.26. The molecule has 0 aromatic carbocycles. The summed E-state index contributed by atoms with van der Waals surface area (Å²) in [7, 11) is 0. The maximum atomic E-state index is 5.74. The first-order valence-corrected chi connectivity index (χ1v) is 4.99. The number of aryl methyl sites for hydroxylation is 1. The summed E-state index contributed by atoms with van der Waals surface area (Å²) < 4.78 is 2.26. The van der Waals surface area contributed by atoms with E-state index in [2.05, 4.69) is 23.4 Å². The Morgan fingerprint density at radius 3 is 3.08 bits per heavy atom. The van der Waals surface area contributed by atoms with Crippen molar-refractivity contribution >= 4 is 0 Å². The normalized spacial score (nSPS) is 21.1. The van der Waals surface area contributed by atoms with Gasteiger partial charge in [0.25, 0.3) is 0 Å². The fourth-order valence-corrected chi connectivity index (χ4v) is 2.14. The second kappa shape index (κ2) is 3.14. The van der Waals surface area contributed by atoms with Crippen molar-refractivity contribution in [3.63, 3.8) is 0 Å². The number of nitrogens with two attached hydrogens (primary N) is 1. The summed E-state index contributed by atoms with van der Waals surface area (Å²) in [5.41, 5.74) is 8.37. The third-order valence-corrected chi connectivity index (χ3v) is 2.84. The van der Waals surface area contributed by atoms with E-state index in [4.69, 9.17) is 5.73 Å². The molecule has 0 amide bonds. The predicted molar refractivity (Wildman–Crippen MR) is 52.7 cm³/mol. The SMILES string of the molecule is CC(C)c1ncn2c1C(CN)CC2. The molecule has 0 radical (unpaired) electrons. The molecule has 0 aliphatic carbocycles. The molecule has 2 N–H and O–H groups in total. The maximum Gasteiger partial charge on any atom is 0.0951 e. The third-order valence-electron chi connectivity index (χ3n) is 2.84. The molecule has 1 aromatic heterocycles. The van der Waals surface area contributed by atoms with E-state index in [1.165, 1.54) is 17.8 Å². The Balaban J connectivity index is 2.40. The van der Waals surface area contributed by atoms with Crippen LogP contribution in [0.3, 0.4) is 0 Å². The lowest BCUT2D eigenvalue weighted by Gasteiger charge is -2.10. The number of aromatic nitrogens is 2. The molecule has 1 atom stereocenters. The molecule has 0 fully saturated rings. The van der Waals surface area contributed by atoms with Crippen molar-refractivity contribution in [3.05, 3.63) is 17.7 Å². The van der Waals surface area contributed by atoms with E-state index in [1.807, 2.05) is 6.33 Å². The first kappa shape index (κ1) is 8.75. The average Bonchev–Trinajstić information content (AvgIpc) is 2.61. The Hall–Kier alpha value is -0.830. The van der Waals surface area contributed by atoms with E-state index >= 15 is 0 Å². The van der Waals surface area contributed by atoms with Gasteiger partial charge in [-0.2, -0.15) is 0 Å². The van der Waals surface area contributed by atoms with Gasteiger partial charge < -0.3 is 10.3 Å². The van der Waals surface area contributed by atoms with Crippen molar-refractivity contribution in [3.8, 4) is 0 Å². The zero-order valence-corrected chi connectivity index (χ0v) is 8.33. The van der Waals surface area contributed by atoms with Crippen LogP contribution >= 0.6 is 0 Å². The first-order valence-electron chi connectivity index (χ1n) is 4.99. The second-order valence-electron chi connectivity index (χ2n) is 4.08. The molecular formula is C10H17N3. The predicted octanol–water partition coefficient (Wildman–Crippen LogP) is 1.45. The van der Waals surface area contributed by atoms with Crippen LogP contribution in [0, 0.1) is 0 Å². The van der Waals surface area contributed by atoms with Gasteiger partial charge in [0.1, 0.15) is 0 Å². The van der Waals surface area contributed by atoms with Crippen molar-refractivity contribution in [1.29, 1.82) is 0 Å². The Labute approximate surface area is 79.0 Å². The Bertz CT molecular complexity index is 301. The van der Waals surface area contributed by atoms with Gasteiger partial charge in [0.05, 0.1) is 12.0 Å². The third kappa shape index (κ3) is 1.27. The molecule has 3 heteroatoms. The molecular weight excluding hydrogens is 162 g/mol. The Morgan fingerprint density at radius 1 is 1.69 bits per heavy atom. The summed E-state index contributed by atoms with van der Waals surface area (Å²) in [6, 6.07) is 0. The van der Waals surface area contributed by atoms with Gasteiger partial charge in [0.2, 0.25) is 0 Å². The topological polar surface area (TPSA) is 43.8 Å². The number of hydrogen-bond donors (Lipinski definition) is 1. The Kier molecular flexibility index (Phi) is 2.12. The summed E-state index contributed by atoms with van der Waals surface area (Å²) in [5.74, 6) is 1.06. The monoisotopic (exact) mass is 179 g/mol. The second-order valence-corrected chi connectivity index (χ2v) is 4.08. The molecule has 0 saturated carbocycles. The van der Waals surface area contributed by atoms with Gasteiger partial charge in [-0.15, -0.1) is 0 Å². The van der Waals surface area contributed by atoms with Gasteiger partial charge in [0.15, 0.2) is 0 Å². The van der Waals surface area contributed by atoms with E-state index in [9.17, 15) is 0 Å². The van der Waals surface area contributed by atoms with Crippen molar-refractivity contribution in [2.75, 3.05) is 6.54 Å². The fraction of sp³-hybridized carbons (Fsp3) is 0.700. The lowest BCUT2D eigenvalue weighted by Crippen LogP contribution is -2.11. The van der Waals surface area contributed by atoms with Crippen molar-refractivity contribution < 1.29 is 0 Å². The minimum absolute atomic E-state index is 0.517. The van der Waals surface area contributed by atoms with Gasteiger partial charge in [0, 0.05) is 24.7 Å². The zero-order valence-electron chi connectivity index (χ0n) is 8.33. The highest BCUT2D eigenvalue weighted by Crippen LogP contribution is 2.32. The van der Waals surface area contributed by atoms with Crippen molar-refractivity contribution in [2.45, 2.75) is 38.6 Å². The molecule has 2 heterocycles. The standard InChI is InChI=1S/C10H17N3/c1-7(2)9-10-8(5-11)3-4-13(10)6-12-9/h6-8H,3-5,11H2,1-2H3. The molecule has 2 rings (SSSR count). The van der Waals surface area contributed by atoms with E-state index in [0.29, 0.717) is 11.8 Å². The highest BCUT2D eigenvalue weighted by atomic mass is 15.1. The lowest BCUT2D eigenvalue weighted by atomic mass is 9.99. The molecule has 72 valence electrons. The lowest BCUT2D eigenvalue weighted by molar-refractivity contribution is 0.654. The molecule has 0 saturated heterocycles. The van der Waals surface area contributed by atoms with Crippen LogP contribution < -0.4 is 5.73 Å². The average molecular weight is 179 g/mol. The minimum atomic E-state index is 0.517. The molecule has 1 unspecified atom stereocenters. The summed E-state index contributed by atoms with van der Waals surface area (Å²) in [5, 5.41) is 0. The van der Waals surface area contributed by atoms with Crippen LogP contribution in [-0.4, -0.2) is 16.1 Å². The quantitative estimate of drug-likeness (QED) is 0.746. The van der Waals surface area contributed by atoms with Gasteiger partial charge in [-0.1, -0.05) is 13.8 Å². The number of fused-ring (bicyclic) bond motifs is 1. The number of rotatable bonds is 2. The van der Waals surface area contributed by atoms with Crippen LogP contribution in [0.1, 0.15) is 43.5 Å². The molecule has 0 bridgehead atoms. The van der Waals surface area contributed by atoms with E-state index in [1.54, 1.807) is 0 Å². The number of imidazole rings is 1. The van der Waals surface area contributed by atoms with Gasteiger partial charge in [-0.25, -0.2) is 4.98 Å². The first-order chi connectivity index (χ1) is 6.24. The van der Waals surface area contributed by atoms with Gasteiger partial charge in [-0.3, -0.25) is 0 Å².